The number of anilines is 1. The van der Waals surface area contributed by atoms with Gasteiger partial charge in [-0.3, -0.25) is 0 Å². The van der Waals surface area contributed by atoms with Crippen molar-refractivity contribution >= 4 is 5.69 Å². The quantitative estimate of drug-likeness (QED) is 0.437. The summed E-state index contributed by atoms with van der Waals surface area (Å²) in [5.74, 6) is 2.09. The van der Waals surface area contributed by atoms with Gasteiger partial charge in [0.15, 0.2) is 0 Å². The van der Waals surface area contributed by atoms with Gasteiger partial charge in [-0.1, -0.05) is 31.6 Å². The van der Waals surface area contributed by atoms with E-state index >= 15 is 0 Å². The zero-order chi connectivity index (χ0) is 23.5. The van der Waals surface area contributed by atoms with E-state index < -0.39 is 0 Å². The Labute approximate surface area is 200 Å². The van der Waals surface area contributed by atoms with Gasteiger partial charge in [0.1, 0.15) is 11.8 Å². The second-order valence-electron chi connectivity index (χ2n) is 10.3. The fourth-order valence-corrected chi connectivity index (χ4v) is 5.56. The van der Waals surface area contributed by atoms with Crippen LogP contribution in [0.4, 0.5) is 5.69 Å². The van der Waals surface area contributed by atoms with Crippen molar-refractivity contribution < 1.29 is 4.74 Å². The summed E-state index contributed by atoms with van der Waals surface area (Å²) in [5.41, 5.74) is 10.3. The number of piperidine rings is 1. The van der Waals surface area contributed by atoms with Crippen LogP contribution in [0.1, 0.15) is 81.5 Å². The van der Waals surface area contributed by atoms with E-state index in [1.807, 2.05) is 0 Å². The van der Waals surface area contributed by atoms with Crippen molar-refractivity contribution in [2.45, 2.75) is 72.1 Å². The number of nitrogens with zero attached hydrogens (tertiary/aromatic N) is 2. The normalized spacial score (nSPS) is 16.4. The molecule has 0 saturated carbocycles. The highest BCUT2D eigenvalue weighted by molar-refractivity contribution is 5.85. The summed E-state index contributed by atoms with van der Waals surface area (Å²) in [7, 11) is 1.74. The lowest BCUT2D eigenvalue weighted by Gasteiger charge is -2.37. The second kappa shape index (κ2) is 10.0. The predicted molar refractivity (Wildman–Crippen MR) is 138 cm³/mol. The molecule has 0 spiro atoms. The van der Waals surface area contributed by atoms with E-state index in [1.165, 1.54) is 51.9 Å². The number of fused-ring (bicyclic) bond motifs is 3. The Balaban J connectivity index is 1.87. The lowest BCUT2D eigenvalue weighted by Crippen LogP contribution is -2.34. The lowest BCUT2D eigenvalue weighted by atomic mass is 9.77. The monoisotopic (exact) mass is 442 g/mol. The minimum absolute atomic E-state index is 0.393. The molecule has 0 N–H and O–H groups in total. The molecule has 2 aromatic carbocycles. The number of methoxy groups -OCH3 is 1. The molecule has 0 unspecified atom stereocenters. The molecule has 0 bridgehead atoms. The minimum Gasteiger partial charge on any atom is -0.497 e. The molecule has 0 amide bonds. The maximum Gasteiger partial charge on any atom is 0.119 e. The van der Waals surface area contributed by atoms with Crippen molar-refractivity contribution in [3.05, 3.63) is 58.2 Å². The maximum atomic E-state index is 10.2. The van der Waals surface area contributed by atoms with Crippen LogP contribution >= 0.6 is 0 Å². The Morgan fingerprint density at radius 2 is 1.97 bits per heavy atom. The molecule has 1 atom stereocenters. The molecular formula is C30H38N2O. The van der Waals surface area contributed by atoms with E-state index in [4.69, 9.17) is 4.74 Å². The average molecular weight is 443 g/mol. The van der Waals surface area contributed by atoms with Crippen molar-refractivity contribution in [2.75, 3.05) is 25.1 Å². The number of aryl methyl sites for hydroxylation is 1. The van der Waals surface area contributed by atoms with Gasteiger partial charge in [0.25, 0.3) is 0 Å². The average Bonchev–Trinajstić information content (AvgIpc) is 2.82. The van der Waals surface area contributed by atoms with Gasteiger partial charge in [0, 0.05) is 13.1 Å². The van der Waals surface area contributed by atoms with Crippen molar-refractivity contribution in [1.29, 1.82) is 5.26 Å². The maximum absolute atomic E-state index is 10.2. The first-order chi connectivity index (χ1) is 15.9. The first kappa shape index (κ1) is 23.4. The number of hydrogen-bond acceptors (Lipinski definition) is 3. The number of rotatable bonds is 6. The van der Waals surface area contributed by atoms with Crippen molar-refractivity contribution in [1.82, 2.24) is 0 Å². The smallest absolute Gasteiger partial charge is 0.119 e. The van der Waals surface area contributed by atoms with Crippen LogP contribution < -0.4 is 9.64 Å². The first-order valence-electron chi connectivity index (χ1n) is 12.6. The Morgan fingerprint density at radius 1 is 1.21 bits per heavy atom. The lowest BCUT2D eigenvalue weighted by molar-refractivity contribution is 0.414. The van der Waals surface area contributed by atoms with E-state index in [0.717, 1.165) is 56.0 Å². The Kier molecular flexibility index (Phi) is 7.13. The highest BCUT2D eigenvalue weighted by atomic mass is 16.5. The van der Waals surface area contributed by atoms with E-state index in [9.17, 15) is 5.26 Å². The predicted octanol–water partition coefficient (Wildman–Crippen LogP) is 7.42. The molecule has 33 heavy (non-hydrogen) atoms. The molecule has 3 nitrogen and oxygen atoms in total. The highest BCUT2D eigenvalue weighted by Gasteiger charge is 2.30. The molecule has 4 rings (SSSR count). The van der Waals surface area contributed by atoms with Crippen LogP contribution in [0, 0.1) is 17.2 Å². The minimum atomic E-state index is 0.393. The van der Waals surface area contributed by atoms with Crippen molar-refractivity contribution in [2.24, 2.45) is 5.92 Å². The second-order valence-corrected chi connectivity index (χ2v) is 10.3. The first-order valence-corrected chi connectivity index (χ1v) is 12.6. The summed E-state index contributed by atoms with van der Waals surface area (Å²) < 4.78 is 5.53. The van der Waals surface area contributed by atoms with Crippen LogP contribution in [-0.4, -0.2) is 20.2 Å². The van der Waals surface area contributed by atoms with Gasteiger partial charge in [-0.2, -0.15) is 5.26 Å². The molecule has 1 fully saturated rings. The van der Waals surface area contributed by atoms with Gasteiger partial charge >= 0.3 is 0 Å². The third-order valence-electron chi connectivity index (χ3n) is 7.56. The Bertz CT molecular complexity index is 1080. The topological polar surface area (TPSA) is 36.3 Å². The highest BCUT2D eigenvalue weighted by Crippen LogP contribution is 2.46. The standard InChI is InChI=1S/C30H38N2O/c1-20(2)7-6-8-22(4)28-18-24(19-31)30(32-15-13-21(3)14-16-32)27-11-9-23-17-25(33-5)10-12-26(23)29(27)28/h7,10,12,17-18,21-22H,6,8-9,11,13-16H2,1-5H3/t22-/m0/s1. The molecule has 1 aliphatic heterocycles. The fourth-order valence-electron chi connectivity index (χ4n) is 5.56. The van der Waals surface area contributed by atoms with E-state index in [-0.39, 0.29) is 0 Å². The molecule has 2 aromatic rings. The van der Waals surface area contributed by atoms with Gasteiger partial charge in [0.05, 0.1) is 18.4 Å². The van der Waals surface area contributed by atoms with Crippen LogP contribution in [0.5, 0.6) is 5.75 Å². The fraction of sp³-hybridized carbons (Fsp3) is 0.500. The largest absolute Gasteiger partial charge is 0.497 e. The molecule has 1 heterocycles. The Morgan fingerprint density at radius 3 is 2.64 bits per heavy atom. The molecule has 0 radical (unpaired) electrons. The van der Waals surface area contributed by atoms with Gasteiger partial charge < -0.3 is 9.64 Å². The molecule has 2 aliphatic rings. The van der Waals surface area contributed by atoms with Gasteiger partial charge in [-0.05, 0) is 110 Å². The van der Waals surface area contributed by atoms with Crippen molar-refractivity contribution in [3.8, 4) is 22.9 Å². The van der Waals surface area contributed by atoms with E-state index in [0.29, 0.717) is 5.92 Å². The zero-order valence-electron chi connectivity index (χ0n) is 21.0. The van der Waals surface area contributed by atoms with Gasteiger partial charge in [-0.15, -0.1) is 0 Å². The molecule has 0 aromatic heterocycles. The van der Waals surface area contributed by atoms with Crippen LogP contribution in [0.2, 0.25) is 0 Å². The van der Waals surface area contributed by atoms with Crippen LogP contribution in [-0.2, 0) is 12.8 Å². The molecule has 1 saturated heterocycles. The van der Waals surface area contributed by atoms with Crippen LogP contribution in [0.3, 0.4) is 0 Å². The Hall–Kier alpha value is -2.73. The van der Waals surface area contributed by atoms with E-state index in [1.54, 1.807) is 7.11 Å². The van der Waals surface area contributed by atoms with Gasteiger partial charge in [0.2, 0.25) is 0 Å². The molecule has 1 aliphatic carbocycles. The SMILES string of the molecule is COc1ccc2c(c1)CCc1c-2c([C@@H](C)CCC=C(C)C)cc(C#N)c1N1CCC(C)CC1. The number of ether oxygens (including phenoxy) is 1. The summed E-state index contributed by atoms with van der Waals surface area (Å²) in [4.78, 5) is 2.50. The zero-order valence-corrected chi connectivity index (χ0v) is 21.0. The third kappa shape index (κ3) is 4.81. The summed E-state index contributed by atoms with van der Waals surface area (Å²) in [5, 5.41) is 10.2. The molecule has 174 valence electrons. The number of nitriles is 1. The van der Waals surface area contributed by atoms with E-state index in [2.05, 4.69) is 69.0 Å². The van der Waals surface area contributed by atoms with Gasteiger partial charge in [-0.25, -0.2) is 0 Å². The number of hydrogen-bond donors (Lipinski definition) is 0. The summed E-state index contributed by atoms with van der Waals surface area (Å²) in [6, 6.07) is 11.4. The van der Waals surface area contributed by atoms with Crippen LogP contribution in [0.15, 0.2) is 35.9 Å². The summed E-state index contributed by atoms with van der Waals surface area (Å²) in [6.45, 7) is 11.1. The molecule has 3 heteroatoms. The summed E-state index contributed by atoms with van der Waals surface area (Å²) >= 11 is 0. The molecular weight excluding hydrogens is 404 g/mol. The number of allylic oxidation sites excluding steroid dienone is 2. The number of benzene rings is 2. The van der Waals surface area contributed by atoms with Crippen LogP contribution in [0.25, 0.3) is 11.1 Å². The third-order valence-corrected chi connectivity index (χ3v) is 7.56. The summed E-state index contributed by atoms with van der Waals surface area (Å²) in [6.07, 6.45) is 8.88. The van der Waals surface area contributed by atoms with Crippen molar-refractivity contribution in [3.63, 3.8) is 0 Å².